The van der Waals surface area contributed by atoms with E-state index in [1.54, 1.807) is 0 Å². The van der Waals surface area contributed by atoms with Gasteiger partial charge < -0.3 is 5.11 Å². The van der Waals surface area contributed by atoms with Crippen molar-refractivity contribution in [2.45, 2.75) is 11.5 Å². The summed E-state index contributed by atoms with van der Waals surface area (Å²) in [4.78, 5) is 0. The highest BCUT2D eigenvalue weighted by molar-refractivity contribution is 9.10. The van der Waals surface area contributed by atoms with E-state index in [2.05, 4.69) is 94.8 Å². The number of hydrogen-bond acceptors (Lipinski definition) is 1. The molecule has 0 aliphatic heterocycles. The summed E-state index contributed by atoms with van der Waals surface area (Å²) in [6.07, 6.45) is -0.649. The van der Waals surface area contributed by atoms with Crippen molar-refractivity contribution in [3.63, 3.8) is 0 Å². The second-order valence-corrected chi connectivity index (χ2v) is 8.12. The zero-order valence-electron chi connectivity index (χ0n) is 15.2. The molecule has 0 radical (unpaired) electrons. The average Bonchev–Trinajstić information content (AvgIpc) is 2.76. The van der Waals surface area contributed by atoms with Gasteiger partial charge in [0.05, 0.1) is 5.41 Å². The maximum absolute atomic E-state index is 11.2. The average molecular weight is 427 g/mol. The molecule has 1 unspecified atom stereocenters. The van der Waals surface area contributed by atoms with Gasteiger partial charge in [-0.05, 0) is 45.5 Å². The number of halogens is 1. The van der Waals surface area contributed by atoms with Crippen LogP contribution in [0.3, 0.4) is 0 Å². The van der Waals surface area contributed by atoms with E-state index in [1.807, 2.05) is 24.3 Å². The Bertz CT molecular complexity index is 1100. The quantitative estimate of drug-likeness (QED) is 0.402. The van der Waals surface area contributed by atoms with Crippen molar-refractivity contribution in [2.75, 3.05) is 0 Å². The lowest BCUT2D eigenvalue weighted by atomic mass is 9.59. The number of hydrogen-bond donors (Lipinski definition) is 1. The molecule has 1 atom stereocenters. The van der Waals surface area contributed by atoms with Gasteiger partial charge in [-0.1, -0.05) is 107 Å². The molecule has 136 valence electrons. The van der Waals surface area contributed by atoms with Gasteiger partial charge in [0.2, 0.25) is 0 Å². The van der Waals surface area contributed by atoms with E-state index in [4.69, 9.17) is 0 Å². The maximum atomic E-state index is 11.2. The van der Waals surface area contributed by atoms with Crippen molar-refractivity contribution in [3.05, 3.63) is 141 Å². The standard InChI is InChI=1S/C26H19BrO/c27-20-15-16-24-22(17-20)25(28)21-13-7-8-14-23(21)26(24,18-9-3-1-4-10-18)19-11-5-2-6-12-19/h1-17,25,28H. The van der Waals surface area contributed by atoms with Crippen LogP contribution in [0.25, 0.3) is 0 Å². The predicted molar refractivity (Wildman–Crippen MR) is 117 cm³/mol. The Kier molecular flexibility index (Phi) is 4.19. The molecule has 0 saturated carbocycles. The molecule has 1 N–H and O–H groups in total. The first kappa shape index (κ1) is 17.4. The Balaban J connectivity index is 1.99. The summed E-state index contributed by atoms with van der Waals surface area (Å²) in [5, 5.41) is 11.2. The van der Waals surface area contributed by atoms with Gasteiger partial charge in [0.1, 0.15) is 6.10 Å². The minimum atomic E-state index is -0.649. The molecule has 0 aromatic heterocycles. The van der Waals surface area contributed by atoms with Crippen LogP contribution in [0.5, 0.6) is 0 Å². The number of benzene rings is 4. The van der Waals surface area contributed by atoms with E-state index in [0.717, 1.165) is 26.7 Å². The van der Waals surface area contributed by atoms with Crippen molar-refractivity contribution in [3.8, 4) is 0 Å². The van der Waals surface area contributed by atoms with Gasteiger partial charge in [-0.15, -0.1) is 0 Å². The molecular formula is C26H19BrO. The Hall–Kier alpha value is -2.68. The van der Waals surface area contributed by atoms with Gasteiger partial charge in [-0.25, -0.2) is 0 Å². The first-order chi connectivity index (χ1) is 13.7. The van der Waals surface area contributed by atoms with Crippen molar-refractivity contribution < 1.29 is 5.11 Å². The van der Waals surface area contributed by atoms with Crippen LogP contribution >= 0.6 is 15.9 Å². The molecule has 4 aromatic rings. The summed E-state index contributed by atoms with van der Waals surface area (Å²) in [5.74, 6) is 0. The maximum Gasteiger partial charge on any atom is 0.105 e. The molecule has 1 aliphatic rings. The molecule has 28 heavy (non-hydrogen) atoms. The minimum Gasteiger partial charge on any atom is -0.384 e. The minimum absolute atomic E-state index is 0.478. The first-order valence-corrected chi connectivity index (χ1v) is 10.2. The van der Waals surface area contributed by atoms with Crippen LogP contribution in [-0.2, 0) is 5.41 Å². The molecule has 0 bridgehead atoms. The SMILES string of the molecule is OC1c2ccccc2C(c2ccccc2)(c2ccccc2)c2ccc(Br)cc21. The highest BCUT2D eigenvalue weighted by Crippen LogP contribution is 2.53. The topological polar surface area (TPSA) is 20.2 Å². The van der Waals surface area contributed by atoms with Gasteiger partial charge in [0.15, 0.2) is 0 Å². The second kappa shape index (κ2) is 6.73. The van der Waals surface area contributed by atoms with Crippen LogP contribution in [0.1, 0.15) is 39.5 Å². The van der Waals surface area contributed by atoms with Crippen molar-refractivity contribution in [1.29, 1.82) is 0 Å². The highest BCUT2D eigenvalue weighted by Gasteiger charge is 2.45. The summed E-state index contributed by atoms with van der Waals surface area (Å²) in [5.41, 5.74) is 6.08. The fourth-order valence-corrected chi connectivity index (χ4v) is 5.03. The van der Waals surface area contributed by atoms with Crippen molar-refractivity contribution >= 4 is 15.9 Å². The van der Waals surface area contributed by atoms with Gasteiger partial charge >= 0.3 is 0 Å². The van der Waals surface area contributed by atoms with Crippen molar-refractivity contribution in [2.24, 2.45) is 0 Å². The van der Waals surface area contributed by atoms with Gasteiger partial charge in [0, 0.05) is 4.47 Å². The third-order valence-corrected chi connectivity index (χ3v) is 6.28. The Labute approximate surface area is 173 Å². The first-order valence-electron chi connectivity index (χ1n) is 9.41. The summed E-state index contributed by atoms with van der Waals surface area (Å²) in [7, 11) is 0. The predicted octanol–water partition coefficient (Wildman–Crippen LogP) is 6.23. The summed E-state index contributed by atoms with van der Waals surface area (Å²) >= 11 is 3.60. The molecule has 0 spiro atoms. The lowest BCUT2D eigenvalue weighted by molar-refractivity contribution is 0.212. The van der Waals surface area contributed by atoms with E-state index >= 15 is 0 Å². The number of fused-ring (bicyclic) bond motifs is 2. The monoisotopic (exact) mass is 426 g/mol. The van der Waals surface area contributed by atoms with Crippen LogP contribution in [0.15, 0.2) is 108 Å². The van der Waals surface area contributed by atoms with E-state index in [-0.39, 0.29) is 0 Å². The number of aliphatic hydroxyl groups is 1. The zero-order valence-corrected chi connectivity index (χ0v) is 16.8. The van der Waals surface area contributed by atoms with Crippen LogP contribution < -0.4 is 0 Å². The van der Waals surface area contributed by atoms with Crippen LogP contribution in [0, 0.1) is 0 Å². The molecule has 0 heterocycles. The van der Waals surface area contributed by atoms with E-state index in [0.29, 0.717) is 0 Å². The molecule has 4 aromatic carbocycles. The largest absolute Gasteiger partial charge is 0.384 e. The van der Waals surface area contributed by atoms with E-state index in [9.17, 15) is 5.11 Å². The van der Waals surface area contributed by atoms with E-state index in [1.165, 1.54) is 11.1 Å². The van der Waals surface area contributed by atoms with Gasteiger partial charge in [0.25, 0.3) is 0 Å². The third kappa shape index (κ3) is 2.42. The summed E-state index contributed by atoms with van der Waals surface area (Å²) in [6, 6.07) is 35.8. The van der Waals surface area contributed by atoms with Crippen molar-refractivity contribution in [1.82, 2.24) is 0 Å². The Morgan fingerprint density at radius 2 is 1.14 bits per heavy atom. The molecular weight excluding hydrogens is 408 g/mol. The fraction of sp³-hybridized carbons (Fsp3) is 0.0769. The summed E-state index contributed by atoms with van der Waals surface area (Å²) < 4.78 is 0.972. The lowest BCUT2D eigenvalue weighted by Crippen LogP contribution is -2.37. The van der Waals surface area contributed by atoms with Crippen LogP contribution in [-0.4, -0.2) is 5.11 Å². The van der Waals surface area contributed by atoms with Crippen LogP contribution in [0.2, 0.25) is 0 Å². The molecule has 0 amide bonds. The smallest absolute Gasteiger partial charge is 0.105 e. The fourth-order valence-electron chi connectivity index (χ4n) is 4.66. The van der Waals surface area contributed by atoms with E-state index < -0.39 is 11.5 Å². The molecule has 0 fully saturated rings. The molecule has 0 saturated heterocycles. The molecule has 1 aliphatic carbocycles. The highest BCUT2D eigenvalue weighted by atomic mass is 79.9. The van der Waals surface area contributed by atoms with Gasteiger partial charge in [-0.3, -0.25) is 0 Å². The Morgan fingerprint density at radius 3 is 1.79 bits per heavy atom. The normalized spacial score (nSPS) is 16.9. The van der Waals surface area contributed by atoms with Crippen LogP contribution in [0.4, 0.5) is 0 Å². The second-order valence-electron chi connectivity index (χ2n) is 7.20. The number of rotatable bonds is 2. The molecule has 2 heteroatoms. The molecule has 1 nitrogen and oxygen atoms in total. The lowest BCUT2D eigenvalue weighted by Gasteiger charge is -2.44. The summed E-state index contributed by atoms with van der Waals surface area (Å²) in [6.45, 7) is 0. The number of aliphatic hydroxyl groups excluding tert-OH is 1. The third-order valence-electron chi connectivity index (χ3n) is 5.79. The zero-order chi connectivity index (χ0) is 19.1. The van der Waals surface area contributed by atoms with Gasteiger partial charge in [-0.2, -0.15) is 0 Å². The molecule has 5 rings (SSSR count). The Morgan fingerprint density at radius 1 is 0.607 bits per heavy atom.